The minimum absolute atomic E-state index is 0.306. The van der Waals surface area contributed by atoms with Gasteiger partial charge in [-0.15, -0.1) is 11.3 Å². The Labute approximate surface area is 150 Å². The van der Waals surface area contributed by atoms with Crippen molar-refractivity contribution in [2.24, 2.45) is 0 Å². The molecule has 4 aromatic rings. The molecule has 0 unspecified atom stereocenters. The van der Waals surface area contributed by atoms with E-state index in [2.05, 4.69) is 52.9 Å². The molecule has 5 heteroatoms. The third kappa shape index (κ3) is 2.61. The summed E-state index contributed by atoms with van der Waals surface area (Å²) in [7, 11) is 0. The van der Waals surface area contributed by atoms with Gasteiger partial charge in [0.15, 0.2) is 4.96 Å². The molecule has 0 saturated carbocycles. The summed E-state index contributed by atoms with van der Waals surface area (Å²) in [5.74, 6) is 0. The first-order chi connectivity index (χ1) is 12.2. The van der Waals surface area contributed by atoms with Crippen molar-refractivity contribution in [1.29, 1.82) is 5.26 Å². The Balaban J connectivity index is 1.97. The predicted molar refractivity (Wildman–Crippen MR) is 101 cm³/mol. The maximum absolute atomic E-state index is 9.36. The summed E-state index contributed by atoms with van der Waals surface area (Å²) < 4.78 is 2.07. The number of imidazole rings is 1. The van der Waals surface area contributed by atoms with Crippen LogP contribution in [0, 0.1) is 25.2 Å². The van der Waals surface area contributed by atoms with Gasteiger partial charge in [-0.2, -0.15) is 5.26 Å². The summed E-state index contributed by atoms with van der Waals surface area (Å²) >= 11 is 1.57. The minimum atomic E-state index is 0.306. The molecule has 0 bridgehead atoms. The molecule has 0 aliphatic heterocycles. The van der Waals surface area contributed by atoms with E-state index in [-0.39, 0.29) is 0 Å². The van der Waals surface area contributed by atoms with Crippen molar-refractivity contribution in [1.82, 2.24) is 14.4 Å². The van der Waals surface area contributed by atoms with Gasteiger partial charge in [0.05, 0.1) is 35.3 Å². The van der Waals surface area contributed by atoms with E-state index in [1.165, 1.54) is 11.1 Å². The maximum Gasteiger partial charge on any atom is 0.195 e. The highest BCUT2D eigenvalue weighted by molar-refractivity contribution is 7.15. The highest BCUT2D eigenvalue weighted by atomic mass is 32.1. The summed E-state index contributed by atoms with van der Waals surface area (Å²) in [6, 6.07) is 14.5. The molecule has 0 amide bonds. The van der Waals surface area contributed by atoms with Crippen LogP contribution in [-0.2, 0) is 6.42 Å². The summed E-state index contributed by atoms with van der Waals surface area (Å²) in [5.41, 5.74) is 7.19. The highest BCUT2D eigenvalue weighted by Gasteiger charge is 2.19. The number of hydrogen-bond donors (Lipinski definition) is 0. The first-order valence-electron chi connectivity index (χ1n) is 8.04. The molecule has 25 heavy (non-hydrogen) atoms. The number of aromatic nitrogens is 3. The number of hydrogen-bond acceptors (Lipinski definition) is 4. The van der Waals surface area contributed by atoms with Gasteiger partial charge >= 0.3 is 0 Å². The fourth-order valence-corrected chi connectivity index (χ4v) is 3.87. The Morgan fingerprint density at radius 1 is 1.16 bits per heavy atom. The molecule has 0 radical (unpaired) electrons. The van der Waals surface area contributed by atoms with Crippen LogP contribution >= 0.6 is 11.3 Å². The molecular weight excluding hydrogens is 328 g/mol. The fraction of sp³-hybridized carbons (Fsp3) is 0.150. The number of fused-ring (bicyclic) bond motifs is 1. The van der Waals surface area contributed by atoms with Crippen LogP contribution in [0.5, 0.6) is 0 Å². The smallest absolute Gasteiger partial charge is 0.195 e. The predicted octanol–water partition coefficient (Wildman–Crippen LogP) is 4.81. The molecule has 0 saturated heterocycles. The van der Waals surface area contributed by atoms with E-state index in [0.29, 0.717) is 6.42 Å². The van der Waals surface area contributed by atoms with Crippen LogP contribution in [0.15, 0.2) is 48.0 Å². The zero-order valence-electron chi connectivity index (χ0n) is 14.0. The van der Waals surface area contributed by atoms with Gasteiger partial charge in [0, 0.05) is 17.1 Å². The van der Waals surface area contributed by atoms with Gasteiger partial charge in [-0.25, -0.2) is 4.98 Å². The lowest BCUT2D eigenvalue weighted by atomic mass is 10.0. The van der Waals surface area contributed by atoms with E-state index in [4.69, 9.17) is 4.98 Å². The van der Waals surface area contributed by atoms with Crippen LogP contribution in [0.4, 0.5) is 0 Å². The third-order valence-electron chi connectivity index (χ3n) is 4.41. The van der Waals surface area contributed by atoms with Crippen molar-refractivity contribution in [2.45, 2.75) is 20.3 Å². The van der Waals surface area contributed by atoms with Crippen LogP contribution < -0.4 is 0 Å². The van der Waals surface area contributed by atoms with Crippen LogP contribution in [0.2, 0.25) is 0 Å². The largest absolute Gasteiger partial charge is 0.284 e. The zero-order valence-corrected chi connectivity index (χ0v) is 14.8. The monoisotopic (exact) mass is 344 g/mol. The molecular formula is C20H16N4S. The average Bonchev–Trinajstić information content (AvgIpc) is 3.19. The lowest BCUT2D eigenvalue weighted by molar-refractivity contribution is 1.07. The van der Waals surface area contributed by atoms with Crippen molar-refractivity contribution in [3.8, 4) is 28.7 Å². The molecule has 1 aromatic carbocycles. The standard InChI is InChI=1S/C20H16N4S/c1-13-6-7-15(11-14(13)2)19-17(8-9-21)24-18(12-25-20(24)23-19)16-5-3-4-10-22-16/h3-7,10-12H,8H2,1-2H3. The summed E-state index contributed by atoms with van der Waals surface area (Å²) in [6.45, 7) is 4.20. The minimum Gasteiger partial charge on any atom is -0.284 e. The Hall–Kier alpha value is -2.97. The molecule has 0 N–H and O–H groups in total. The molecule has 0 aliphatic rings. The number of thiazole rings is 1. The van der Waals surface area contributed by atoms with Gasteiger partial charge in [-0.3, -0.25) is 9.38 Å². The van der Waals surface area contributed by atoms with E-state index in [0.717, 1.165) is 33.3 Å². The normalized spacial score (nSPS) is 10.9. The van der Waals surface area contributed by atoms with E-state index >= 15 is 0 Å². The van der Waals surface area contributed by atoms with Crippen LogP contribution in [-0.4, -0.2) is 14.4 Å². The van der Waals surface area contributed by atoms with Crippen LogP contribution in [0.25, 0.3) is 27.6 Å². The molecule has 4 rings (SSSR count). The van der Waals surface area contributed by atoms with E-state index in [1.807, 2.05) is 18.2 Å². The quantitative estimate of drug-likeness (QED) is 0.536. The molecule has 4 nitrogen and oxygen atoms in total. The Morgan fingerprint density at radius 2 is 2.04 bits per heavy atom. The first-order valence-corrected chi connectivity index (χ1v) is 8.92. The number of rotatable bonds is 3. The van der Waals surface area contributed by atoms with Crippen LogP contribution in [0.3, 0.4) is 0 Å². The lowest BCUT2D eigenvalue weighted by Crippen LogP contribution is -1.96. The number of benzene rings is 1. The second-order valence-electron chi connectivity index (χ2n) is 5.99. The number of nitriles is 1. The zero-order chi connectivity index (χ0) is 17.4. The lowest BCUT2D eigenvalue weighted by Gasteiger charge is -2.06. The van der Waals surface area contributed by atoms with Crippen LogP contribution in [0.1, 0.15) is 16.8 Å². The summed E-state index contributed by atoms with van der Waals surface area (Å²) in [5, 5.41) is 11.4. The third-order valence-corrected chi connectivity index (χ3v) is 5.24. The molecule has 0 atom stereocenters. The Kier molecular flexibility index (Phi) is 3.83. The number of pyridine rings is 1. The molecule has 0 spiro atoms. The molecule has 3 aromatic heterocycles. The molecule has 3 heterocycles. The second kappa shape index (κ2) is 6.15. The average molecular weight is 344 g/mol. The van der Waals surface area contributed by atoms with Gasteiger partial charge in [-0.1, -0.05) is 18.2 Å². The van der Waals surface area contributed by atoms with Crippen molar-refractivity contribution < 1.29 is 0 Å². The van der Waals surface area contributed by atoms with Gasteiger partial charge in [0.1, 0.15) is 0 Å². The summed E-state index contributed by atoms with van der Waals surface area (Å²) in [4.78, 5) is 10.2. The second-order valence-corrected chi connectivity index (χ2v) is 6.83. The number of nitrogens with zero attached hydrogens (tertiary/aromatic N) is 4. The van der Waals surface area contributed by atoms with E-state index in [1.54, 1.807) is 17.5 Å². The number of aryl methyl sites for hydroxylation is 2. The highest BCUT2D eigenvalue weighted by Crippen LogP contribution is 2.33. The molecule has 122 valence electrons. The molecule has 0 fully saturated rings. The SMILES string of the molecule is Cc1ccc(-c2nc3scc(-c4ccccn4)n3c2CC#N)cc1C. The van der Waals surface area contributed by atoms with Crippen molar-refractivity contribution in [3.05, 3.63) is 64.8 Å². The van der Waals surface area contributed by atoms with E-state index < -0.39 is 0 Å². The van der Waals surface area contributed by atoms with Gasteiger partial charge in [0.2, 0.25) is 0 Å². The van der Waals surface area contributed by atoms with E-state index in [9.17, 15) is 5.26 Å². The Bertz CT molecular complexity index is 1100. The van der Waals surface area contributed by atoms with Crippen molar-refractivity contribution in [3.63, 3.8) is 0 Å². The molecule has 0 aliphatic carbocycles. The maximum atomic E-state index is 9.36. The Morgan fingerprint density at radius 3 is 2.76 bits per heavy atom. The van der Waals surface area contributed by atoms with Gasteiger partial charge < -0.3 is 0 Å². The topological polar surface area (TPSA) is 54.0 Å². The fourth-order valence-electron chi connectivity index (χ4n) is 2.97. The van der Waals surface area contributed by atoms with Crippen molar-refractivity contribution >= 4 is 16.3 Å². The van der Waals surface area contributed by atoms with Gasteiger partial charge in [0.25, 0.3) is 0 Å². The first kappa shape index (κ1) is 15.6. The van der Waals surface area contributed by atoms with Crippen molar-refractivity contribution in [2.75, 3.05) is 0 Å². The van der Waals surface area contributed by atoms with Gasteiger partial charge in [-0.05, 0) is 43.2 Å². The summed E-state index contributed by atoms with van der Waals surface area (Å²) in [6.07, 6.45) is 2.09.